The molecular weight excluding hydrogens is 188 g/mol. The van der Waals surface area contributed by atoms with Gasteiger partial charge in [0.2, 0.25) is 0 Å². The van der Waals surface area contributed by atoms with E-state index >= 15 is 0 Å². The Balaban J connectivity index is 2.84. The normalized spacial score (nSPS) is 11.8. The van der Waals surface area contributed by atoms with Crippen molar-refractivity contribution in [2.75, 3.05) is 7.11 Å². The number of nitrogens with two attached hydrogens (primary N) is 1. The summed E-state index contributed by atoms with van der Waals surface area (Å²) in [7, 11) is 1.28. The molecule has 1 unspecified atom stereocenters. The minimum Gasteiger partial charge on any atom is -0.468 e. The molecule has 0 amide bonds. The van der Waals surface area contributed by atoms with Gasteiger partial charge in [-0.3, -0.25) is 0 Å². The molecule has 0 radical (unpaired) electrons. The molecule has 1 aromatic heterocycles. The average molecular weight is 196 g/mol. The quantitative estimate of drug-likeness (QED) is 0.709. The molecule has 0 aliphatic heterocycles. The zero-order valence-corrected chi connectivity index (χ0v) is 7.80. The third-order valence-electron chi connectivity index (χ3n) is 1.50. The highest BCUT2D eigenvalue weighted by atomic mass is 32.1. The maximum atomic E-state index is 11.0. The Kier molecular flexibility index (Phi) is 3.01. The molecule has 4 nitrogen and oxygen atoms in total. The zero-order chi connectivity index (χ0) is 9.84. The first kappa shape index (κ1) is 9.71. The van der Waals surface area contributed by atoms with Crippen LogP contribution in [0, 0.1) is 11.3 Å². The second-order valence-electron chi connectivity index (χ2n) is 2.31. The van der Waals surface area contributed by atoms with Crippen LogP contribution in [0.2, 0.25) is 0 Å². The molecule has 0 bridgehead atoms. The fourth-order valence-electron chi connectivity index (χ4n) is 0.823. The first-order valence-corrected chi connectivity index (χ1v) is 4.34. The summed E-state index contributed by atoms with van der Waals surface area (Å²) < 4.78 is 4.47. The molecule has 0 aliphatic rings. The lowest BCUT2D eigenvalue weighted by Gasteiger charge is -2.05. The Hall–Kier alpha value is -1.38. The van der Waals surface area contributed by atoms with Gasteiger partial charge in [0.15, 0.2) is 0 Å². The van der Waals surface area contributed by atoms with Crippen molar-refractivity contribution in [2.45, 2.75) is 6.04 Å². The van der Waals surface area contributed by atoms with Crippen LogP contribution in [0.25, 0.3) is 0 Å². The predicted molar refractivity (Wildman–Crippen MR) is 48.0 cm³/mol. The van der Waals surface area contributed by atoms with Gasteiger partial charge in [-0.25, -0.2) is 4.79 Å². The standard InChI is InChI=1S/C8H8N2O2S/c1-12-8(11)7(10)6-3-2-5(4-9)13-6/h2-3,7H,10H2,1H3. The molecule has 13 heavy (non-hydrogen) atoms. The van der Waals surface area contributed by atoms with Crippen LogP contribution in [0.3, 0.4) is 0 Å². The Morgan fingerprint density at radius 2 is 2.46 bits per heavy atom. The van der Waals surface area contributed by atoms with Gasteiger partial charge in [-0.05, 0) is 12.1 Å². The minimum atomic E-state index is -0.780. The summed E-state index contributed by atoms with van der Waals surface area (Å²) in [6, 6.07) is 4.47. The summed E-state index contributed by atoms with van der Waals surface area (Å²) in [4.78, 5) is 12.2. The lowest BCUT2D eigenvalue weighted by molar-refractivity contribution is -0.142. The molecule has 1 aromatic rings. The molecule has 0 spiro atoms. The van der Waals surface area contributed by atoms with E-state index in [4.69, 9.17) is 11.0 Å². The third-order valence-corrected chi connectivity index (χ3v) is 2.57. The van der Waals surface area contributed by atoms with Crippen LogP contribution in [0.5, 0.6) is 0 Å². The summed E-state index contributed by atoms with van der Waals surface area (Å²) in [6.45, 7) is 0. The number of nitriles is 1. The molecule has 68 valence electrons. The first-order valence-electron chi connectivity index (χ1n) is 3.52. The van der Waals surface area contributed by atoms with Crippen LogP contribution in [0.1, 0.15) is 15.8 Å². The second-order valence-corrected chi connectivity index (χ2v) is 3.43. The topological polar surface area (TPSA) is 76.1 Å². The number of nitrogens with zero attached hydrogens (tertiary/aromatic N) is 1. The Morgan fingerprint density at radius 3 is 2.92 bits per heavy atom. The highest BCUT2D eigenvalue weighted by Gasteiger charge is 2.17. The van der Waals surface area contributed by atoms with Crippen molar-refractivity contribution in [3.8, 4) is 6.07 Å². The van der Waals surface area contributed by atoms with Crippen LogP contribution >= 0.6 is 11.3 Å². The maximum absolute atomic E-state index is 11.0. The predicted octanol–water partition coefficient (Wildman–Crippen LogP) is 0.793. The average Bonchev–Trinajstić information content (AvgIpc) is 2.63. The Labute approximate surface area is 79.5 Å². The van der Waals surface area contributed by atoms with Gasteiger partial charge >= 0.3 is 5.97 Å². The lowest BCUT2D eigenvalue weighted by Crippen LogP contribution is -2.21. The third kappa shape index (κ3) is 2.05. The summed E-state index contributed by atoms with van der Waals surface area (Å²) in [5.74, 6) is -0.494. The first-order chi connectivity index (χ1) is 6.19. The van der Waals surface area contributed by atoms with Crippen molar-refractivity contribution in [2.24, 2.45) is 5.73 Å². The number of rotatable bonds is 2. The van der Waals surface area contributed by atoms with E-state index in [-0.39, 0.29) is 0 Å². The molecular formula is C8H8N2O2S. The van der Waals surface area contributed by atoms with Crippen molar-refractivity contribution in [3.05, 3.63) is 21.9 Å². The lowest BCUT2D eigenvalue weighted by atomic mass is 10.2. The largest absolute Gasteiger partial charge is 0.468 e. The molecule has 0 aromatic carbocycles. The van der Waals surface area contributed by atoms with Crippen molar-refractivity contribution in [1.29, 1.82) is 5.26 Å². The van der Waals surface area contributed by atoms with E-state index in [0.717, 1.165) is 0 Å². The maximum Gasteiger partial charge on any atom is 0.328 e. The van der Waals surface area contributed by atoms with Gasteiger partial charge in [0, 0.05) is 4.88 Å². The number of carbonyl (C=O) groups is 1. The van der Waals surface area contributed by atoms with Crippen LogP contribution < -0.4 is 5.73 Å². The molecule has 0 fully saturated rings. The van der Waals surface area contributed by atoms with E-state index < -0.39 is 12.0 Å². The molecule has 0 aliphatic carbocycles. The van der Waals surface area contributed by atoms with Crippen molar-refractivity contribution in [1.82, 2.24) is 0 Å². The summed E-state index contributed by atoms with van der Waals surface area (Å²) >= 11 is 1.20. The van der Waals surface area contributed by atoms with Gasteiger partial charge in [0.05, 0.1) is 7.11 Å². The van der Waals surface area contributed by atoms with E-state index in [0.29, 0.717) is 9.75 Å². The number of hydrogen-bond donors (Lipinski definition) is 1. The van der Waals surface area contributed by atoms with Gasteiger partial charge in [-0.1, -0.05) is 0 Å². The zero-order valence-electron chi connectivity index (χ0n) is 6.98. The van der Waals surface area contributed by atoms with E-state index in [2.05, 4.69) is 4.74 Å². The van der Waals surface area contributed by atoms with E-state index in [9.17, 15) is 4.79 Å². The molecule has 0 saturated heterocycles. The van der Waals surface area contributed by atoms with Gasteiger partial charge < -0.3 is 10.5 Å². The van der Waals surface area contributed by atoms with Crippen LogP contribution in [-0.2, 0) is 9.53 Å². The summed E-state index contributed by atoms with van der Waals surface area (Å²) in [5.41, 5.74) is 5.54. The summed E-state index contributed by atoms with van der Waals surface area (Å²) in [6.07, 6.45) is 0. The smallest absolute Gasteiger partial charge is 0.328 e. The SMILES string of the molecule is COC(=O)C(N)c1ccc(C#N)s1. The molecule has 5 heteroatoms. The van der Waals surface area contributed by atoms with Gasteiger partial charge in [0.25, 0.3) is 0 Å². The van der Waals surface area contributed by atoms with E-state index in [1.807, 2.05) is 6.07 Å². The second kappa shape index (κ2) is 4.03. The number of hydrogen-bond acceptors (Lipinski definition) is 5. The van der Waals surface area contributed by atoms with E-state index in [1.54, 1.807) is 12.1 Å². The number of methoxy groups -OCH3 is 1. The molecule has 1 rings (SSSR count). The number of thiophene rings is 1. The molecule has 1 atom stereocenters. The molecule has 0 saturated carbocycles. The highest BCUT2D eigenvalue weighted by molar-refractivity contribution is 7.12. The number of esters is 1. The monoisotopic (exact) mass is 196 g/mol. The van der Waals surface area contributed by atoms with Crippen molar-refractivity contribution >= 4 is 17.3 Å². The van der Waals surface area contributed by atoms with Crippen LogP contribution in [0.4, 0.5) is 0 Å². The van der Waals surface area contributed by atoms with E-state index in [1.165, 1.54) is 18.4 Å². The molecule has 1 heterocycles. The van der Waals surface area contributed by atoms with Crippen molar-refractivity contribution in [3.63, 3.8) is 0 Å². The van der Waals surface area contributed by atoms with Crippen LogP contribution in [0.15, 0.2) is 12.1 Å². The van der Waals surface area contributed by atoms with Gasteiger partial charge in [-0.2, -0.15) is 5.26 Å². The highest BCUT2D eigenvalue weighted by Crippen LogP contribution is 2.21. The fourth-order valence-corrected chi connectivity index (χ4v) is 1.62. The minimum absolute atomic E-state index is 0.494. The fraction of sp³-hybridized carbons (Fsp3) is 0.250. The Morgan fingerprint density at radius 1 is 1.77 bits per heavy atom. The number of ether oxygens (including phenoxy) is 1. The van der Waals surface area contributed by atoms with Crippen LogP contribution in [-0.4, -0.2) is 13.1 Å². The van der Waals surface area contributed by atoms with Crippen molar-refractivity contribution < 1.29 is 9.53 Å². The van der Waals surface area contributed by atoms with Gasteiger partial charge in [-0.15, -0.1) is 11.3 Å². The summed E-state index contributed by atoms with van der Waals surface area (Å²) in [5, 5.41) is 8.53. The van der Waals surface area contributed by atoms with Gasteiger partial charge in [0.1, 0.15) is 17.0 Å². The molecule has 2 N–H and O–H groups in total. The Bertz CT molecular complexity index is 353. The number of carbonyl (C=O) groups excluding carboxylic acids is 1.